The first-order chi connectivity index (χ1) is 11.1. The second-order valence-electron chi connectivity index (χ2n) is 4.98. The first kappa shape index (κ1) is 15.4. The highest BCUT2D eigenvalue weighted by atomic mass is 32.1. The van der Waals surface area contributed by atoms with Crippen molar-refractivity contribution in [3.05, 3.63) is 63.9 Å². The molecule has 0 saturated heterocycles. The Labute approximate surface area is 137 Å². The van der Waals surface area contributed by atoms with E-state index in [0.29, 0.717) is 29.2 Å². The predicted octanol–water partition coefficient (Wildman–Crippen LogP) is 3.82. The number of aryl methyl sites for hydroxylation is 1. The fourth-order valence-electron chi connectivity index (χ4n) is 2.20. The maximum atomic E-state index is 13.8. The molecule has 3 aromatic rings. The molecule has 0 aliphatic heterocycles. The van der Waals surface area contributed by atoms with Crippen molar-refractivity contribution in [3.8, 4) is 11.5 Å². The number of hydrogen-bond acceptors (Lipinski definition) is 4. The van der Waals surface area contributed by atoms with Crippen LogP contribution in [0.15, 0.2) is 46.2 Å². The van der Waals surface area contributed by atoms with Crippen molar-refractivity contribution in [2.45, 2.75) is 13.3 Å². The molecule has 0 aliphatic carbocycles. The molecule has 4 nitrogen and oxygen atoms in total. The first-order valence-electron chi connectivity index (χ1n) is 7.18. The number of benzene rings is 1. The van der Waals surface area contributed by atoms with E-state index in [1.54, 1.807) is 31.2 Å². The van der Waals surface area contributed by atoms with E-state index in [-0.39, 0.29) is 17.6 Å². The van der Waals surface area contributed by atoms with Gasteiger partial charge in [0.25, 0.3) is 5.91 Å². The van der Waals surface area contributed by atoms with Crippen LogP contribution in [0.2, 0.25) is 0 Å². The van der Waals surface area contributed by atoms with Crippen molar-refractivity contribution in [2.75, 3.05) is 6.54 Å². The van der Waals surface area contributed by atoms with E-state index in [0.717, 1.165) is 5.69 Å². The van der Waals surface area contributed by atoms with Crippen molar-refractivity contribution in [3.63, 3.8) is 0 Å². The molecule has 0 saturated carbocycles. The Morgan fingerprint density at radius 2 is 2.13 bits per heavy atom. The molecule has 0 unspecified atom stereocenters. The predicted molar refractivity (Wildman–Crippen MR) is 87.0 cm³/mol. The lowest BCUT2D eigenvalue weighted by molar-refractivity contribution is 0.0958. The minimum atomic E-state index is -0.369. The summed E-state index contributed by atoms with van der Waals surface area (Å²) in [7, 11) is 0. The highest BCUT2D eigenvalue weighted by Crippen LogP contribution is 2.24. The van der Waals surface area contributed by atoms with E-state index < -0.39 is 0 Å². The van der Waals surface area contributed by atoms with Gasteiger partial charge < -0.3 is 9.73 Å². The SMILES string of the molecule is Cc1oc(-c2ccccc2F)nc1CCNC(=O)c1cccs1. The minimum Gasteiger partial charge on any atom is -0.441 e. The van der Waals surface area contributed by atoms with Crippen LogP contribution in [-0.4, -0.2) is 17.4 Å². The summed E-state index contributed by atoms with van der Waals surface area (Å²) in [6, 6.07) is 9.97. The van der Waals surface area contributed by atoms with Gasteiger partial charge in [-0.2, -0.15) is 0 Å². The summed E-state index contributed by atoms with van der Waals surface area (Å²) >= 11 is 1.40. The van der Waals surface area contributed by atoms with E-state index >= 15 is 0 Å². The number of hydrogen-bond donors (Lipinski definition) is 1. The number of nitrogens with zero attached hydrogens (tertiary/aromatic N) is 1. The van der Waals surface area contributed by atoms with Crippen LogP contribution in [0.4, 0.5) is 4.39 Å². The van der Waals surface area contributed by atoms with Gasteiger partial charge in [-0.25, -0.2) is 9.37 Å². The Morgan fingerprint density at radius 1 is 1.30 bits per heavy atom. The van der Waals surface area contributed by atoms with Crippen LogP contribution in [0.25, 0.3) is 11.5 Å². The molecule has 0 bridgehead atoms. The molecular weight excluding hydrogens is 315 g/mol. The quantitative estimate of drug-likeness (QED) is 0.774. The van der Waals surface area contributed by atoms with Gasteiger partial charge in [0.05, 0.1) is 16.1 Å². The van der Waals surface area contributed by atoms with Crippen molar-refractivity contribution < 1.29 is 13.6 Å². The Kier molecular flexibility index (Phi) is 4.52. The fourth-order valence-corrected chi connectivity index (χ4v) is 2.84. The molecule has 2 heterocycles. The van der Waals surface area contributed by atoms with Crippen molar-refractivity contribution in [1.29, 1.82) is 0 Å². The summed E-state index contributed by atoms with van der Waals surface area (Å²) in [5, 5.41) is 4.70. The summed E-state index contributed by atoms with van der Waals surface area (Å²) in [5.41, 5.74) is 1.05. The molecule has 0 atom stereocenters. The van der Waals surface area contributed by atoms with E-state index in [2.05, 4.69) is 10.3 Å². The summed E-state index contributed by atoms with van der Waals surface area (Å²) in [6.45, 7) is 2.23. The third kappa shape index (κ3) is 3.48. The molecule has 0 radical (unpaired) electrons. The van der Waals surface area contributed by atoms with Gasteiger partial charge in [0.2, 0.25) is 5.89 Å². The van der Waals surface area contributed by atoms with Crippen molar-refractivity contribution >= 4 is 17.2 Å². The molecule has 0 fully saturated rings. The Hall–Kier alpha value is -2.47. The maximum absolute atomic E-state index is 13.8. The lowest BCUT2D eigenvalue weighted by Crippen LogP contribution is -2.25. The lowest BCUT2D eigenvalue weighted by atomic mass is 10.2. The zero-order valence-electron chi connectivity index (χ0n) is 12.5. The van der Waals surface area contributed by atoms with Gasteiger partial charge in [-0.15, -0.1) is 11.3 Å². The van der Waals surface area contributed by atoms with Gasteiger partial charge in [0, 0.05) is 13.0 Å². The topological polar surface area (TPSA) is 55.1 Å². The molecular formula is C17H15FN2O2S. The second kappa shape index (κ2) is 6.75. The third-order valence-electron chi connectivity index (χ3n) is 3.39. The average molecular weight is 330 g/mol. The molecule has 1 aromatic carbocycles. The van der Waals surface area contributed by atoms with Gasteiger partial charge in [-0.3, -0.25) is 4.79 Å². The number of halogens is 1. The molecule has 3 rings (SSSR count). The van der Waals surface area contributed by atoms with E-state index in [1.165, 1.54) is 17.4 Å². The highest BCUT2D eigenvalue weighted by Gasteiger charge is 2.14. The van der Waals surface area contributed by atoms with Crippen LogP contribution in [0.3, 0.4) is 0 Å². The fraction of sp³-hybridized carbons (Fsp3) is 0.176. The van der Waals surface area contributed by atoms with Gasteiger partial charge in [-0.05, 0) is 30.5 Å². The number of aromatic nitrogens is 1. The standard InChI is InChI=1S/C17H15FN2O2S/c1-11-14(8-9-19-16(21)15-7-4-10-23-15)20-17(22-11)12-5-2-3-6-13(12)18/h2-7,10H,8-9H2,1H3,(H,19,21). The van der Waals surface area contributed by atoms with Crippen LogP contribution in [0.5, 0.6) is 0 Å². The third-order valence-corrected chi connectivity index (χ3v) is 4.26. The molecule has 2 aromatic heterocycles. The largest absolute Gasteiger partial charge is 0.441 e. The van der Waals surface area contributed by atoms with E-state index in [4.69, 9.17) is 4.42 Å². The van der Waals surface area contributed by atoms with E-state index in [1.807, 2.05) is 11.4 Å². The number of oxazole rings is 1. The van der Waals surface area contributed by atoms with Crippen LogP contribution in [0, 0.1) is 12.7 Å². The summed E-state index contributed by atoms with van der Waals surface area (Å²) in [4.78, 5) is 16.9. The smallest absolute Gasteiger partial charge is 0.261 e. The zero-order chi connectivity index (χ0) is 16.2. The summed E-state index contributed by atoms with van der Waals surface area (Å²) in [5.74, 6) is 0.426. The van der Waals surface area contributed by atoms with Crippen molar-refractivity contribution in [2.24, 2.45) is 0 Å². The first-order valence-corrected chi connectivity index (χ1v) is 8.06. The summed E-state index contributed by atoms with van der Waals surface area (Å²) < 4.78 is 19.3. The molecule has 23 heavy (non-hydrogen) atoms. The Bertz CT molecular complexity index is 812. The number of nitrogens with one attached hydrogen (secondary N) is 1. The number of thiophene rings is 1. The number of carbonyl (C=O) groups excluding carboxylic acids is 1. The number of carbonyl (C=O) groups is 1. The van der Waals surface area contributed by atoms with Gasteiger partial charge in [0.15, 0.2) is 0 Å². The van der Waals surface area contributed by atoms with Crippen LogP contribution in [0.1, 0.15) is 21.1 Å². The molecule has 1 amide bonds. The molecule has 0 spiro atoms. The van der Waals surface area contributed by atoms with Gasteiger partial charge in [0.1, 0.15) is 11.6 Å². The van der Waals surface area contributed by atoms with Crippen LogP contribution >= 0.6 is 11.3 Å². The number of rotatable bonds is 5. The van der Waals surface area contributed by atoms with Crippen molar-refractivity contribution in [1.82, 2.24) is 10.3 Å². The van der Waals surface area contributed by atoms with E-state index in [9.17, 15) is 9.18 Å². The molecule has 6 heteroatoms. The molecule has 1 N–H and O–H groups in total. The van der Waals surface area contributed by atoms with Crippen LogP contribution < -0.4 is 5.32 Å². The Balaban J connectivity index is 1.65. The molecule has 118 valence electrons. The number of amides is 1. The van der Waals surface area contributed by atoms with Gasteiger partial charge in [-0.1, -0.05) is 18.2 Å². The van der Waals surface area contributed by atoms with Gasteiger partial charge >= 0.3 is 0 Å². The zero-order valence-corrected chi connectivity index (χ0v) is 13.3. The lowest BCUT2D eigenvalue weighted by Gasteiger charge is -2.01. The monoisotopic (exact) mass is 330 g/mol. The Morgan fingerprint density at radius 3 is 2.87 bits per heavy atom. The second-order valence-corrected chi connectivity index (χ2v) is 5.93. The highest BCUT2D eigenvalue weighted by molar-refractivity contribution is 7.12. The maximum Gasteiger partial charge on any atom is 0.261 e. The summed E-state index contributed by atoms with van der Waals surface area (Å²) in [6.07, 6.45) is 0.529. The normalized spacial score (nSPS) is 10.7. The minimum absolute atomic E-state index is 0.101. The molecule has 0 aliphatic rings. The average Bonchev–Trinajstić information content (AvgIpc) is 3.18. The van der Waals surface area contributed by atoms with Crippen LogP contribution in [-0.2, 0) is 6.42 Å².